The molecule has 2 saturated heterocycles. The van der Waals surface area contributed by atoms with Crippen molar-refractivity contribution in [3.8, 4) is 0 Å². The molecule has 0 aromatic rings. The van der Waals surface area contributed by atoms with Gasteiger partial charge in [0.15, 0.2) is 0 Å². The summed E-state index contributed by atoms with van der Waals surface area (Å²) in [6.07, 6.45) is 5.08. The summed E-state index contributed by atoms with van der Waals surface area (Å²) in [5.41, 5.74) is 0.432. The molecule has 22 heavy (non-hydrogen) atoms. The Kier molecular flexibility index (Phi) is 5.70. The Morgan fingerprint density at radius 1 is 0.955 bits per heavy atom. The van der Waals surface area contributed by atoms with Crippen molar-refractivity contribution in [2.75, 3.05) is 26.2 Å². The molecule has 0 aromatic carbocycles. The van der Waals surface area contributed by atoms with E-state index in [2.05, 4.69) is 5.32 Å². The van der Waals surface area contributed by atoms with E-state index in [0.29, 0.717) is 18.3 Å². The lowest BCUT2D eigenvalue weighted by Gasteiger charge is -2.45. The lowest BCUT2D eigenvalue weighted by atomic mass is 9.71. The lowest BCUT2D eigenvalue weighted by Crippen LogP contribution is -2.49. The molecule has 0 atom stereocenters. The first-order valence-corrected chi connectivity index (χ1v) is 8.37. The maximum Gasteiger partial charge on any atom is 0.248 e. The van der Waals surface area contributed by atoms with Gasteiger partial charge >= 0.3 is 0 Å². The van der Waals surface area contributed by atoms with Crippen molar-refractivity contribution < 1.29 is 13.6 Å². The summed E-state index contributed by atoms with van der Waals surface area (Å²) in [5, 5.41) is 3.40. The van der Waals surface area contributed by atoms with E-state index >= 15 is 0 Å². The van der Waals surface area contributed by atoms with Crippen LogP contribution in [0.25, 0.3) is 0 Å². The Balaban J connectivity index is 0.00000176. The van der Waals surface area contributed by atoms with E-state index in [-0.39, 0.29) is 37.1 Å². The number of rotatable bonds is 1. The van der Waals surface area contributed by atoms with Crippen molar-refractivity contribution in [3.05, 3.63) is 0 Å². The van der Waals surface area contributed by atoms with E-state index < -0.39 is 5.92 Å². The third kappa shape index (κ3) is 3.91. The fourth-order valence-corrected chi connectivity index (χ4v) is 4.20. The van der Waals surface area contributed by atoms with E-state index in [1.54, 1.807) is 0 Å². The Hall–Kier alpha value is -0.420. The summed E-state index contributed by atoms with van der Waals surface area (Å²) >= 11 is 0. The van der Waals surface area contributed by atoms with Gasteiger partial charge in [-0.15, -0.1) is 12.4 Å². The minimum Gasteiger partial charge on any atom is -0.342 e. The van der Waals surface area contributed by atoms with Gasteiger partial charge in [-0.1, -0.05) is 0 Å². The van der Waals surface area contributed by atoms with Crippen molar-refractivity contribution in [2.24, 2.45) is 11.3 Å². The Morgan fingerprint density at radius 3 is 2.05 bits per heavy atom. The zero-order valence-electron chi connectivity index (χ0n) is 13.1. The summed E-state index contributed by atoms with van der Waals surface area (Å²) in [6.45, 7) is 3.83. The van der Waals surface area contributed by atoms with Crippen LogP contribution < -0.4 is 5.32 Å². The van der Waals surface area contributed by atoms with Crippen molar-refractivity contribution in [1.29, 1.82) is 0 Å². The second kappa shape index (κ2) is 7.00. The number of hydrogen-bond donors (Lipinski definition) is 1. The van der Waals surface area contributed by atoms with Gasteiger partial charge in [0.25, 0.3) is 0 Å². The molecule has 128 valence electrons. The van der Waals surface area contributed by atoms with Gasteiger partial charge in [-0.2, -0.15) is 0 Å². The average Bonchev–Trinajstić information content (AvgIpc) is 2.48. The number of nitrogens with one attached hydrogen (secondary N) is 1. The van der Waals surface area contributed by atoms with Gasteiger partial charge in [0.05, 0.1) is 0 Å². The van der Waals surface area contributed by atoms with Crippen LogP contribution in [-0.4, -0.2) is 42.9 Å². The number of likely N-dealkylation sites (tertiary alicyclic amines) is 1. The highest BCUT2D eigenvalue weighted by molar-refractivity contribution is 5.85. The monoisotopic (exact) mass is 336 g/mol. The van der Waals surface area contributed by atoms with Crippen LogP contribution in [0, 0.1) is 11.3 Å². The minimum absolute atomic E-state index is 0. The Labute approximate surface area is 137 Å². The maximum absolute atomic E-state index is 13.2. The number of alkyl halides is 2. The number of halogens is 3. The molecule has 3 aliphatic rings. The molecule has 2 aliphatic heterocycles. The molecule has 0 bridgehead atoms. The van der Waals surface area contributed by atoms with Gasteiger partial charge in [0.2, 0.25) is 11.8 Å². The molecule has 3 nitrogen and oxygen atoms in total. The van der Waals surface area contributed by atoms with E-state index in [4.69, 9.17) is 0 Å². The van der Waals surface area contributed by atoms with Gasteiger partial charge in [-0.3, -0.25) is 4.79 Å². The predicted molar refractivity (Wildman–Crippen MR) is 84.5 cm³/mol. The lowest BCUT2D eigenvalue weighted by molar-refractivity contribution is -0.142. The van der Waals surface area contributed by atoms with E-state index in [0.717, 1.165) is 39.0 Å². The number of carbonyl (C=O) groups excluding carboxylic acids is 1. The van der Waals surface area contributed by atoms with Crippen LogP contribution in [0.15, 0.2) is 0 Å². The highest BCUT2D eigenvalue weighted by Crippen LogP contribution is 2.41. The molecular weight excluding hydrogens is 310 g/mol. The zero-order chi connectivity index (χ0) is 14.9. The van der Waals surface area contributed by atoms with Gasteiger partial charge in [0, 0.05) is 31.8 Å². The molecule has 0 radical (unpaired) electrons. The van der Waals surface area contributed by atoms with Gasteiger partial charge in [-0.25, -0.2) is 8.78 Å². The van der Waals surface area contributed by atoms with Crippen molar-refractivity contribution >= 4 is 18.3 Å². The van der Waals surface area contributed by atoms with Crippen LogP contribution in [0.2, 0.25) is 0 Å². The summed E-state index contributed by atoms with van der Waals surface area (Å²) in [6, 6.07) is 0. The summed E-state index contributed by atoms with van der Waals surface area (Å²) in [4.78, 5) is 14.4. The molecule has 1 aliphatic carbocycles. The third-order valence-corrected chi connectivity index (χ3v) is 5.87. The molecule has 1 N–H and O–H groups in total. The Bertz CT molecular complexity index is 380. The molecule has 0 unspecified atom stereocenters. The molecule has 3 rings (SSSR count). The van der Waals surface area contributed by atoms with Gasteiger partial charge < -0.3 is 10.2 Å². The van der Waals surface area contributed by atoms with Crippen LogP contribution in [0.3, 0.4) is 0 Å². The molecule has 0 aromatic heterocycles. The molecule has 1 spiro atoms. The third-order valence-electron chi connectivity index (χ3n) is 5.87. The first kappa shape index (κ1) is 17.9. The van der Waals surface area contributed by atoms with Crippen LogP contribution in [-0.2, 0) is 4.79 Å². The normalized spacial score (nSPS) is 28.2. The molecule has 1 saturated carbocycles. The number of carbonyl (C=O) groups is 1. The van der Waals surface area contributed by atoms with Gasteiger partial charge in [0.1, 0.15) is 0 Å². The zero-order valence-corrected chi connectivity index (χ0v) is 13.9. The Morgan fingerprint density at radius 2 is 1.50 bits per heavy atom. The van der Waals surface area contributed by atoms with Gasteiger partial charge in [-0.05, 0) is 57.0 Å². The summed E-state index contributed by atoms with van der Waals surface area (Å²) in [5.74, 6) is -2.57. The smallest absolute Gasteiger partial charge is 0.248 e. The highest BCUT2D eigenvalue weighted by atomic mass is 35.5. The van der Waals surface area contributed by atoms with E-state index in [9.17, 15) is 13.6 Å². The number of nitrogens with zero attached hydrogens (tertiary/aromatic N) is 1. The summed E-state index contributed by atoms with van der Waals surface area (Å²) in [7, 11) is 0. The molecule has 2 heterocycles. The first-order valence-electron chi connectivity index (χ1n) is 8.37. The number of piperidine rings is 2. The number of hydrogen-bond acceptors (Lipinski definition) is 2. The fourth-order valence-electron chi connectivity index (χ4n) is 4.20. The summed E-state index contributed by atoms with van der Waals surface area (Å²) < 4.78 is 26.4. The largest absolute Gasteiger partial charge is 0.342 e. The second-order valence-electron chi connectivity index (χ2n) is 7.21. The standard InChI is InChI=1S/C16H26F2N2O.ClH/c17-16(18)3-1-13(2-4-16)14(21)20-11-7-15(8-12-20)5-9-19-10-6-15;/h13,19H,1-12H2;1H. The van der Waals surface area contributed by atoms with Crippen LogP contribution in [0.4, 0.5) is 8.78 Å². The first-order chi connectivity index (χ1) is 10.00. The van der Waals surface area contributed by atoms with E-state index in [1.807, 2.05) is 4.90 Å². The second-order valence-corrected chi connectivity index (χ2v) is 7.21. The SMILES string of the molecule is Cl.O=C(C1CCC(F)(F)CC1)N1CCC2(CCNCC2)CC1. The van der Waals surface area contributed by atoms with Crippen molar-refractivity contribution in [1.82, 2.24) is 10.2 Å². The quantitative estimate of drug-likeness (QED) is 0.797. The fraction of sp³-hybridized carbons (Fsp3) is 0.938. The average molecular weight is 337 g/mol. The molecule has 3 fully saturated rings. The van der Waals surface area contributed by atoms with Crippen LogP contribution in [0.5, 0.6) is 0 Å². The maximum atomic E-state index is 13.2. The molecule has 6 heteroatoms. The highest BCUT2D eigenvalue weighted by Gasteiger charge is 2.41. The molecular formula is C16H27ClF2N2O. The van der Waals surface area contributed by atoms with Crippen molar-refractivity contribution in [3.63, 3.8) is 0 Å². The number of amides is 1. The molecule has 1 amide bonds. The predicted octanol–water partition coefficient (Wildman–Crippen LogP) is 3.23. The van der Waals surface area contributed by atoms with Crippen LogP contribution in [0.1, 0.15) is 51.4 Å². The van der Waals surface area contributed by atoms with E-state index in [1.165, 1.54) is 12.8 Å². The van der Waals surface area contributed by atoms with Crippen molar-refractivity contribution in [2.45, 2.75) is 57.3 Å². The topological polar surface area (TPSA) is 32.3 Å². The minimum atomic E-state index is -2.54. The van der Waals surface area contributed by atoms with Crippen LogP contribution >= 0.6 is 12.4 Å².